The molecule has 0 aromatic heterocycles. The summed E-state index contributed by atoms with van der Waals surface area (Å²) in [6.07, 6.45) is 0.437. The van der Waals surface area contributed by atoms with Crippen molar-refractivity contribution in [2.24, 2.45) is 0 Å². The molecule has 1 rings (SSSR count). The molecule has 0 aliphatic rings. The molecule has 1 aromatic rings. The van der Waals surface area contributed by atoms with Crippen LogP contribution in [0.5, 0.6) is 0 Å². The Balaban J connectivity index is 3.10. The van der Waals surface area contributed by atoms with Gasteiger partial charge in [0.15, 0.2) is 0 Å². The quantitative estimate of drug-likeness (QED) is 0.460. The molecule has 0 fully saturated rings. The van der Waals surface area contributed by atoms with E-state index in [4.69, 9.17) is 11.6 Å². The Hall–Kier alpha value is -1.62. The fraction of sp³-hybridized carbons (Fsp3) is 0. The van der Waals surface area contributed by atoms with E-state index in [9.17, 15) is 14.9 Å². The predicted molar refractivity (Wildman–Crippen MR) is 47.8 cm³/mol. The second kappa shape index (κ2) is 3.86. The van der Waals surface area contributed by atoms with Crippen molar-refractivity contribution < 1.29 is 9.72 Å². The van der Waals surface area contributed by atoms with Crippen LogP contribution in [0, 0.1) is 10.1 Å². The molecular weight excluding hydrogens is 196 g/mol. The minimum absolute atomic E-state index is 0.0430. The molecule has 0 aliphatic heterocycles. The summed E-state index contributed by atoms with van der Waals surface area (Å²) in [4.78, 5) is 19.8. The minimum Gasteiger partial charge on any atom is -0.328 e. The summed E-state index contributed by atoms with van der Waals surface area (Å²) in [6.45, 7) is 0. The highest BCUT2D eigenvalue weighted by molar-refractivity contribution is 6.32. The molecule has 0 atom stereocenters. The van der Waals surface area contributed by atoms with Crippen LogP contribution in [0.2, 0.25) is 5.02 Å². The molecule has 0 saturated heterocycles. The standard InChI is InChI=1S/C7H5ClN2O3/c8-6-2-1-5(9-4-11)3-7(6)10(12)13/h1-4H,(H,9,11). The van der Waals surface area contributed by atoms with Gasteiger partial charge in [0.1, 0.15) is 5.02 Å². The molecule has 0 unspecified atom stereocenters. The first-order valence-electron chi connectivity index (χ1n) is 3.29. The Bertz CT molecular complexity index is 354. The van der Waals surface area contributed by atoms with Crippen LogP contribution in [0.25, 0.3) is 0 Å². The van der Waals surface area contributed by atoms with E-state index in [-0.39, 0.29) is 10.7 Å². The van der Waals surface area contributed by atoms with Gasteiger partial charge in [0.2, 0.25) is 6.41 Å². The van der Waals surface area contributed by atoms with Gasteiger partial charge in [-0.1, -0.05) is 11.6 Å². The van der Waals surface area contributed by atoms with Crippen molar-refractivity contribution >= 4 is 29.4 Å². The van der Waals surface area contributed by atoms with E-state index in [1.165, 1.54) is 18.2 Å². The number of benzene rings is 1. The maximum atomic E-state index is 10.4. The second-order valence-corrected chi connectivity index (χ2v) is 2.59. The summed E-state index contributed by atoms with van der Waals surface area (Å²) in [5.41, 5.74) is 0.111. The Kier molecular flexibility index (Phi) is 2.81. The Morgan fingerprint density at radius 2 is 2.23 bits per heavy atom. The summed E-state index contributed by atoms with van der Waals surface area (Å²) >= 11 is 5.53. The maximum absolute atomic E-state index is 10.4. The maximum Gasteiger partial charge on any atom is 0.289 e. The average molecular weight is 201 g/mol. The minimum atomic E-state index is -0.613. The first-order chi connectivity index (χ1) is 6.15. The fourth-order valence-electron chi connectivity index (χ4n) is 0.810. The van der Waals surface area contributed by atoms with Crippen LogP contribution >= 0.6 is 11.6 Å². The molecular formula is C7H5ClN2O3. The number of nitro benzene ring substituents is 1. The lowest BCUT2D eigenvalue weighted by molar-refractivity contribution is -0.384. The van der Waals surface area contributed by atoms with Crippen molar-refractivity contribution in [2.45, 2.75) is 0 Å². The summed E-state index contributed by atoms with van der Waals surface area (Å²) in [5, 5.41) is 12.7. The van der Waals surface area contributed by atoms with Gasteiger partial charge in [0, 0.05) is 11.8 Å². The number of carbonyl (C=O) groups excluding carboxylic acids is 1. The lowest BCUT2D eigenvalue weighted by Gasteiger charge is -1.99. The zero-order chi connectivity index (χ0) is 9.84. The van der Waals surface area contributed by atoms with E-state index in [0.717, 1.165) is 0 Å². The van der Waals surface area contributed by atoms with Crippen molar-refractivity contribution in [1.29, 1.82) is 0 Å². The van der Waals surface area contributed by atoms with Crippen LogP contribution in [0.3, 0.4) is 0 Å². The van der Waals surface area contributed by atoms with Gasteiger partial charge in [0.05, 0.1) is 4.92 Å². The summed E-state index contributed by atoms with van der Waals surface area (Å²) in [7, 11) is 0. The lowest BCUT2D eigenvalue weighted by atomic mass is 10.3. The van der Waals surface area contributed by atoms with E-state index in [1.54, 1.807) is 0 Å². The SMILES string of the molecule is O=CNc1ccc(Cl)c([N+](=O)[O-])c1. The van der Waals surface area contributed by atoms with E-state index in [1.807, 2.05) is 0 Å². The van der Waals surface area contributed by atoms with E-state index >= 15 is 0 Å². The molecule has 0 heterocycles. The van der Waals surface area contributed by atoms with Gasteiger partial charge < -0.3 is 5.32 Å². The molecule has 0 saturated carbocycles. The number of rotatable bonds is 3. The zero-order valence-corrected chi connectivity index (χ0v) is 7.12. The van der Waals surface area contributed by atoms with Crippen molar-refractivity contribution in [2.75, 3.05) is 5.32 Å². The second-order valence-electron chi connectivity index (χ2n) is 2.19. The van der Waals surface area contributed by atoms with Crippen LogP contribution < -0.4 is 5.32 Å². The van der Waals surface area contributed by atoms with Gasteiger partial charge in [-0.05, 0) is 12.1 Å². The number of nitro groups is 1. The van der Waals surface area contributed by atoms with Gasteiger partial charge in [-0.2, -0.15) is 0 Å². The number of hydrogen-bond acceptors (Lipinski definition) is 3. The summed E-state index contributed by atoms with van der Waals surface area (Å²) in [5.74, 6) is 0. The van der Waals surface area contributed by atoms with Crippen LogP contribution in [-0.2, 0) is 4.79 Å². The van der Waals surface area contributed by atoms with Crippen LogP contribution in [0.15, 0.2) is 18.2 Å². The third-order valence-corrected chi connectivity index (χ3v) is 1.69. The van der Waals surface area contributed by atoms with Gasteiger partial charge in [-0.3, -0.25) is 14.9 Å². The summed E-state index contributed by atoms with van der Waals surface area (Å²) < 4.78 is 0. The highest BCUT2D eigenvalue weighted by Crippen LogP contribution is 2.26. The monoisotopic (exact) mass is 200 g/mol. The van der Waals surface area contributed by atoms with Crippen LogP contribution in [0.4, 0.5) is 11.4 Å². The molecule has 13 heavy (non-hydrogen) atoms. The fourth-order valence-corrected chi connectivity index (χ4v) is 0.997. The third kappa shape index (κ3) is 2.16. The number of anilines is 1. The molecule has 1 amide bonds. The molecule has 0 spiro atoms. The first kappa shape index (κ1) is 9.47. The lowest BCUT2D eigenvalue weighted by Crippen LogP contribution is -1.95. The number of amides is 1. The van der Waals surface area contributed by atoms with Gasteiger partial charge >= 0.3 is 0 Å². The number of nitrogens with one attached hydrogen (secondary N) is 1. The van der Waals surface area contributed by atoms with Crippen molar-refractivity contribution in [1.82, 2.24) is 0 Å². The Labute approximate surface area is 78.5 Å². The third-order valence-electron chi connectivity index (χ3n) is 1.37. The van der Waals surface area contributed by atoms with Gasteiger partial charge in [0.25, 0.3) is 5.69 Å². The molecule has 5 nitrogen and oxygen atoms in total. The van der Waals surface area contributed by atoms with Gasteiger partial charge in [-0.25, -0.2) is 0 Å². The zero-order valence-electron chi connectivity index (χ0n) is 6.36. The first-order valence-corrected chi connectivity index (χ1v) is 3.67. The number of hydrogen-bond donors (Lipinski definition) is 1. The molecule has 68 valence electrons. The molecule has 0 radical (unpaired) electrons. The highest BCUT2D eigenvalue weighted by Gasteiger charge is 2.11. The van der Waals surface area contributed by atoms with E-state index in [0.29, 0.717) is 12.1 Å². The number of nitrogens with zero attached hydrogens (tertiary/aromatic N) is 1. The summed E-state index contributed by atoms with van der Waals surface area (Å²) in [6, 6.07) is 4.02. The van der Waals surface area contributed by atoms with Crippen LogP contribution in [0.1, 0.15) is 0 Å². The topological polar surface area (TPSA) is 72.2 Å². The average Bonchev–Trinajstić information content (AvgIpc) is 2.08. The number of carbonyl (C=O) groups is 1. The molecule has 0 bridgehead atoms. The molecule has 6 heteroatoms. The van der Waals surface area contributed by atoms with E-state index in [2.05, 4.69) is 5.32 Å². The molecule has 1 aromatic carbocycles. The van der Waals surface area contributed by atoms with Crippen molar-refractivity contribution in [3.8, 4) is 0 Å². The van der Waals surface area contributed by atoms with E-state index < -0.39 is 4.92 Å². The number of halogens is 1. The Morgan fingerprint density at radius 1 is 1.54 bits per heavy atom. The molecule has 1 N–H and O–H groups in total. The van der Waals surface area contributed by atoms with Crippen LogP contribution in [-0.4, -0.2) is 11.3 Å². The smallest absolute Gasteiger partial charge is 0.289 e. The van der Waals surface area contributed by atoms with Crippen molar-refractivity contribution in [3.63, 3.8) is 0 Å². The van der Waals surface area contributed by atoms with Crippen molar-refractivity contribution in [3.05, 3.63) is 33.3 Å². The predicted octanol–water partition coefficient (Wildman–Crippen LogP) is 1.82. The molecule has 0 aliphatic carbocycles. The Morgan fingerprint density at radius 3 is 2.77 bits per heavy atom. The largest absolute Gasteiger partial charge is 0.328 e. The highest BCUT2D eigenvalue weighted by atomic mass is 35.5. The van der Waals surface area contributed by atoms with Gasteiger partial charge in [-0.15, -0.1) is 0 Å². The normalized spacial score (nSPS) is 9.31.